The van der Waals surface area contributed by atoms with E-state index in [-0.39, 0.29) is 18.7 Å². The minimum absolute atomic E-state index is 0.203. The molecule has 0 aliphatic carbocycles. The van der Waals surface area contributed by atoms with Crippen molar-refractivity contribution in [3.05, 3.63) is 35.4 Å². The van der Waals surface area contributed by atoms with Crippen molar-refractivity contribution in [1.82, 2.24) is 4.31 Å². The van der Waals surface area contributed by atoms with Gasteiger partial charge in [-0.25, -0.2) is 8.42 Å². The molecular formula is C14H18N2O4S. The van der Waals surface area contributed by atoms with E-state index in [0.717, 1.165) is 0 Å². The number of hydrogen-bond donors (Lipinski definition) is 1. The molecule has 0 saturated carbocycles. The summed E-state index contributed by atoms with van der Waals surface area (Å²) in [5.41, 5.74) is 0.902. The van der Waals surface area contributed by atoms with Gasteiger partial charge in [-0.15, -0.1) is 0 Å². The van der Waals surface area contributed by atoms with E-state index in [1.54, 1.807) is 32.0 Å². The van der Waals surface area contributed by atoms with Crippen LogP contribution >= 0.6 is 0 Å². The molecule has 0 bridgehead atoms. The normalized spacial score (nSPS) is 12.9. The molecule has 0 saturated heterocycles. The summed E-state index contributed by atoms with van der Waals surface area (Å²) >= 11 is 0. The van der Waals surface area contributed by atoms with E-state index in [2.05, 4.69) is 0 Å². The number of benzene rings is 1. The molecule has 1 atom stereocenters. The van der Waals surface area contributed by atoms with Crippen molar-refractivity contribution in [3.8, 4) is 6.07 Å². The minimum Gasteiger partial charge on any atom is -0.481 e. The Morgan fingerprint density at radius 3 is 2.67 bits per heavy atom. The summed E-state index contributed by atoms with van der Waals surface area (Å²) < 4.78 is 26.0. The maximum absolute atomic E-state index is 12.4. The lowest BCUT2D eigenvalue weighted by atomic mass is 10.2. The van der Waals surface area contributed by atoms with Crippen LogP contribution in [0, 0.1) is 11.3 Å². The van der Waals surface area contributed by atoms with Gasteiger partial charge in [-0.2, -0.15) is 9.57 Å². The Hall–Kier alpha value is -1.91. The zero-order chi connectivity index (χ0) is 16.0. The molecule has 0 fully saturated rings. The fraction of sp³-hybridized carbons (Fsp3) is 0.429. The van der Waals surface area contributed by atoms with Crippen LogP contribution in [-0.4, -0.2) is 36.4 Å². The molecule has 0 aromatic heterocycles. The van der Waals surface area contributed by atoms with Gasteiger partial charge in [0.05, 0.1) is 23.8 Å². The molecule has 7 heteroatoms. The second kappa shape index (κ2) is 7.20. The predicted octanol–water partition coefficient (Wildman–Crippen LogP) is 1.57. The monoisotopic (exact) mass is 310 g/mol. The molecule has 0 heterocycles. The molecule has 1 unspecified atom stereocenters. The molecular weight excluding hydrogens is 292 g/mol. The molecule has 0 spiro atoms. The fourth-order valence-corrected chi connectivity index (χ4v) is 3.94. The van der Waals surface area contributed by atoms with E-state index < -0.39 is 22.0 Å². The molecule has 114 valence electrons. The molecule has 1 rings (SSSR count). The third-order valence-electron chi connectivity index (χ3n) is 3.04. The van der Waals surface area contributed by atoms with Crippen molar-refractivity contribution in [2.45, 2.75) is 32.1 Å². The van der Waals surface area contributed by atoms with Gasteiger partial charge in [-0.3, -0.25) is 4.79 Å². The van der Waals surface area contributed by atoms with Crippen molar-refractivity contribution in [2.75, 3.05) is 6.54 Å². The van der Waals surface area contributed by atoms with Crippen LogP contribution in [0.5, 0.6) is 0 Å². The summed E-state index contributed by atoms with van der Waals surface area (Å²) in [5, 5.41) is 17.6. The second-order valence-electron chi connectivity index (χ2n) is 4.72. The topological polar surface area (TPSA) is 98.5 Å². The number of aliphatic carboxylic acids is 1. The van der Waals surface area contributed by atoms with Gasteiger partial charge >= 0.3 is 5.97 Å². The van der Waals surface area contributed by atoms with E-state index in [0.29, 0.717) is 11.1 Å². The molecule has 0 aliphatic rings. The molecule has 1 aromatic rings. The highest BCUT2D eigenvalue weighted by molar-refractivity contribution is 7.88. The van der Waals surface area contributed by atoms with Crippen LogP contribution < -0.4 is 0 Å². The Kier molecular flexibility index (Phi) is 5.88. The Balaban J connectivity index is 2.97. The molecule has 6 nitrogen and oxygen atoms in total. The number of carboxylic acid groups (broad SMARTS) is 1. The summed E-state index contributed by atoms with van der Waals surface area (Å²) in [7, 11) is -3.63. The van der Waals surface area contributed by atoms with Gasteiger partial charge in [0.25, 0.3) is 0 Å². The van der Waals surface area contributed by atoms with E-state index >= 15 is 0 Å². The second-order valence-corrected chi connectivity index (χ2v) is 6.64. The lowest BCUT2D eigenvalue weighted by Gasteiger charge is -2.26. The number of nitriles is 1. The average molecular weight is 310 g/mol. The van der Waals surface area contributed by atoms with E-state index in [1.807, 2.05) is 6.07 Å². The lowest BCUT2D eigenvalue weighted by Crippen LogP contribution is -2.40. The first-order valence-electron chi connectivity index (χ1n) is 6.50. The Morgan fingerprint density at radius 1 is 1.48 bits per heavy atom. The smallest absolute Gasteiger partial charge is 0.304 e. The van der Waals surface area contributed by atoms with Gasteiger partial charge in [0.2, 0.25) is 10.0 Å². The number of sulfonamides is 1. The Morgan fingerprint density at radius 2 is 2.14 bits per heavy atom. The quantitative estimate of drug-likeness (QED) is 0.824. The van der Waals surface area contributed by atoms with Gasteiger partial charge in [-0.05, 0) is 24.6 Å². The number of hydrogen-bond acceptors (Lipinski definition) is 4. The summed E-state index contributed by atoms with van der Waals surface area (Å²) in [6.07, 6.45) is -0.245. The van der Waals surface area contributed by atoms with Crippen LogP contribution in [0.15, 0.2) is 24.3 Å². The summed E-state index contributed by atoms with van der Waals surface area (Å²) in [6, 6.07) is 7.72. The Bertz CT molecular complexity index is 649. The third kappa shape index (κ3) is 4.85. The van der Waals surface area contributed by atoms with E-state index in [9.17, 15) is 13.2 Å². The van der Waals surface area contributed by atoms with Crippen molar-refractivity contribution in [3.63, 3.8) is 0 Å². The molecule has 1 N–H and O–H groups in total. The average Bonchev–Trinajstić information content (AvgIpc) is 2.37. The Labute approximate surface area is 124 Å². The molecule has 0 radical (unpaired) electrons. The molecule has 1 aromatic carbocycles. The SMILES string of the molecule is CCN(C(C)CC(=O)O)S(=O)(=O)Cc1cccc(C#N)c1. The summed E-state index contributed by atoms with van der Waals surface area (Å²) in [6.45, 7) is 3.44. The zero-order valence-corrected chi connectivity index (χ0v) is 12.8. The maximum Gasteiger partial charge on any atom is 0.304 e. The first-order valence-corrected chi connectivity index (χ1v) is 8.11. The highest BCUT2D eigenvalue weighted by atomic mass is 32.2. The number of carboxylic acids is 1. The van der Waals surface area contributed by atoms with Crippen molar-refractivity contribution < 1.29 is 18.3 Å². The van der Waals surface area contributed by atoms with E-state index in [1.165, 1.54) is 10.4 Å². The van der Waals surface area contributed by atoms with Gasteiger partial charge in [0.1, 0.15) is 0 Å². The van der Waals surface area contributed by atoms with Crippen LogP contribution in [0.2, 0.25) is 0 Å². The third-order valence-corrected chi connectivity index (χ3v) is 5.07. The van der Waals surface area contributed by atoms with Gasteiger partial charge in [0.15, 0.2) is 0 Å². The lowest BCUT2D eigenvalue weighted by molar-refractivity contribution is -0.137. The minimum atomic E-state index is -3.63. The van der Waals surface area contributed by atoms with Crippen molar-refractivity contribution in [1.29, 1.82) is 5.26 Å². The maximum atomic E-state index is 12.4. The van der Waals surface area contributed by atoms with Gasteiger partial charge < -0.3 is 5.11 Å². The number of rotatable bonds is 7. The largest absolute Gasteiger partial charge is 0.481 e. The highest BCUT2D eigenvalue weighted by Gasteiger charge is 2.27. The molecule has 0 aliphatic heterocycles. The number of carbonyl (C=O) groups is 1. The van der Waals surface area contributed by atoms with Crippen molar-refractivity contribution in [2.24, 2.45) is 0 Å². The first kappa shape index (κ1) is 17.1. The standard InChI is InChI=1S/C14H18N2O4S/c1-3-16(11(2)7-14(17)18)21(19,20)10-13-6-4-5-12(8-13)9-15/h4-6,8,11H,3,7,10H2,1-2H3,(H,17,18). The molecule has 0 amide bonds. The van der Waals surface area contributed by atoms with Crippen LogP contribution in [0.1, 0.15) is 31.4 Å². The van der Waals surface area contributed by atoms with Gasteiger partial charge in [-0.1, -0.05) is 19.1 Å². The zero-order valence-electron chi connectivity index (χ0n) is 12.0. The van der Waals surface area contributed by atoms with Crippen LogP contribution in [0.25, 0.3) is 0 Å². The van der Waals surface area contributed by atoms with Crippen molar-refractivity contribution >= 4 is 16.0 Å². The van der Waals surface area contributed by atoms with Crippen LogP contribution in [0.3, 0.4) is 0 Å². The predicted molar refractivity (Wildman–Crippen MR) is 77.9 cm³/mol. The summed E-state index contributed by atoms with van der Waals surface area (Å²) in [4.78, 5) is 10.7. The molecule has 21 heavy (non-hydrogen) atoms. The highest BCUT2D eigenvalue weighted by Crippen LogP contribution is 2.16. The van der Waals surface area contributed by atoms with Crippen LogP contribution in [0.4, 0.5) is 0 Å². The van der Waals surface area contributed by atoms with Crippen LogP contribution in [-0.2, 0) is 20.6 Å². The number of nitrogens with zero attached hydrogens (tertiary/aromatic N) is 2. The fourth-order valence-electron chi connectivity index (χ4n) is 2.16. The summed E-state index contributed by atoms with van der Waals surface area (Å²) in [5.74, 6) is -1.29. The van der Waals surface area contributed by atoms with E-state index in [4.69, 9.17) is 10.4 Å². The van der Waals surface area contributed by atoms with Gasteiger partial charge in [0, 0.05) is 12.6 Å². The first-order chi connectivity index (χ1) is 9.80.